The lowest BCUT2D eigenvalue weighted by atomic mass is 9.90. The summed E-state index contributed by atoms with van der Waals surface area (Å²) in [6, 6.07) is 49.4. The van der Waals surface area contributed by atoms with Gasteiger partial charge in [-0.1, -0.05) is 168 Å². The minimum Gasteiger partial charge on any atom is -0.399 e. The van der Waals surface area contributed by atoms with Gasteiger partial charge in [-0.3, -0.25) is 0 Å². The van der Waals surface area contributed by atoms with Crippen molar-refractivity contribution in [1.29, 1.82) is 0 Å². The highest BCUT2D eigenvalue weighted by Gasteiger charge is 2.10. The Labute approximate surface area is 334 Å². The van der Waals surface area contributed by atoms with Gasteiger partial charge in [-0.25, -0.2) is 0 Å². The van der Waals surface area contributed by atoms with Crippen molar-refractivity contribution in [3.8, 4) is 33.4 Å². The van der Waals surface area contributed by atoms with Crippen molar-refractivity contribution in [2.75, 3.05) is 5.73 Å². The third-order valence-corrected chi connectivity index (χ3v) is 9.10. The molecule has 0 amide bonds. The zero-order valence-corrected chi connectivity index (χ0v) is 35.3. The molecule has 0 radical (unpaired) electrons. The molecule has 0 spiro atoms. The van der Waals surface area contributed by atoms with E-state index in [2.05, 4.69) is 195 Å². The fourth-order valence-corrected chi connectivity index (χ4v) is 6.50. The van der Waals surface area contributed by atoms with Crippen LogP contribution < -0.4 is 5.73 Å². The quantitative estimate of drug-likeness (QED) is 0.180. The lowest BCUT2D eigenvalue weighted by molar-refractivity contribution is 1.03. The van der Waals surface area contributed by atoms with E-state index in [1.54, 1.807) is 0 Å². The molecule has 7 rings (SSSR count). The zero-order chi connectivity index (χ0) is 40.2. The second-order valence-electron chi connectivity index (χ2n) is 14.5. The van der Waals surface area contributed by atoms with E-state index < -0.39 is 0 Å². The molecule has 0 fully saturated rings. The van der Waals surface area contributed by atoms with Gasteiger partial charge in [0.2, 0.25) is 0 Å². The van der Waals surface area contributed by atoms with Crippen molar-refractivity contribution in [3.63, 3.8) is 0 Å². The second-order valence-corrected chi connectivity index (χ2v) is 14.5. The van der Waals surface area contributed by atoms with Gasteiger partial charge in [0.15, 0.2) is 0 Å². The highest BCUT2D eigenvalue weighted by atomic mass is 14.5. The fraction of sp³-hybridized carbons (Fsp3) is 0.259. The predicted octanol–water partition coefficient (Wildman–Crippen LogP) is 16.1. The summed E-state index contributed by atoms with van der Waals surface area (Å²) in [4.78, 5) is 0. The van der Waals surface area contributed by atoms with Crippen molar-refractivity contribution in [2.24, 2.45) is 0 Å². The van der Waals surface area contributed by atoms with Crippen LogP contribution in [0.25, 0.3) is 39.0 Å². The molecule has 0 atom stereocenters. The van der Waals surface area contributed by atoms with E-state index in [0.29, 0.717) is 0 Å². The monoisotopic (exact) mass is 728 g/mol. The maximum atomic E-state index is 5.56. The molecule has 1 aliphatic carbocycles. The van der Waals surface area contributed by atoms with E-state index in [-0.39, 0.29) is 0 Å². The SMILES string of the molecule is CC1=C(c2ccccc2C)CCC=C1.CCC.CCC.Cc1cc(C)cc(N)c1.Cc1ccc(-c2ccccc2)cc1-c1cc(-c2ccccc2)ccc1C. The number of allylic oxidation sites excluding steroid dienone is 4. The molecule has 0 aliphatic heterocycles. The van der Waals surface area contributed by atoms with Gasteiger partial charge in [-0.05, 0) is 157 Å². The summed E-state index contributed by atoms with van der Waals surface area (Å²) in [5, 5.41) is 0. The topological polar surface area (TPSA) is 26.0 Å². The van der Waals surface area contributed by atoms with Crippen LogP contribution in [0.15, 0.2) is 157 Å². The van der Waals surface area contributed by atoms with Crippen molar-refractivity contribution in [2.45, 2.75) is 94.9 Å². The Kier molecular flexibility index (Phi) is 18.7. The fourth-order valence-electron chi connectivity index (χ4n) is 6.50. The molecule has 0 heterocycles. The van der Waals surface area contributed by atoms with Crippen LogP contribution in [0.3, 0.4) is 0 Å². The summed E-state index contributed by atoms with van der Waals surface area (Å²) in [6.07, 6.45) is 9.37. The van der Waals surface area contributed by atoms with Gasteiger partial charge < -0.3 is 5.73 Å². The van der Waals surface area contributed by atoms with E-state index in [4.69, 9.17) is 5.73 Å². The molecular formula is C54H65N. The Bertz CT molecular complexity index is 1960. The largest absolute Gasteiger partial charge is 0.399 e. The Morgan fingerprint density at radius 3 is 1.27 bits per heavy atom. The van der Waals surface area contributed by atoms with Crippen LogP contribution in [0.2, 0.25) is 0 Å². The number of nitrogens with two attached hydrogens (primary N) is 1. The molecule has 1 nitrogen and oxygen atoms in total. The molecule has 0 bridgehead atoms. The lowest BCUT2D eigenvalue weighted by Crippen LogP contribution is -1.94. The van der Waals surface area contributed by atoms with Gasteiger partial charge in [-0.2, -0.15) is 0 Å². The zero-order valence-electron chi connectivity index (χ0n) is 35.3. The summed E-state index contributed by atoms with van der Waals surface area (Å²) in [7, 11) is 0. The highest BCUT2D eigenvalue weighted by molar-refractivity contribution is 5.80. The van der Waals surface area contributed by atoms with Crippen LogP contribution in [-0.2, 0) is 0 Å². The van der Waals surface area contributed by atoms with Crippen molar-refractivity contribution >= 4 is 11.3 Å². The van der Waals surface area contributed by atoms with Crippen LogP contribution >= 0.6 is 0 Å². The highest BCUT2D eigenvalue weighted by Crippen LogP contribution is 2.34. The molecule has 0 unspecified atom stereocenters. The van der Waals surface area contributed by atoms with E-state index in [1.165, 1.54) is 104 Å². The normalized spacial score (nSPS) is 11.4. The van der Waals surface area contributed by atoms with E-state index in [9.17, 15) is 0 Å². The molecule has 0 saturated carbocycles. The van der Waals surface area contributed by atoms with Gasteiger partial charge in [-0.15, -0.1) is 0 Å². The van der Waals surface area contributed by atoms with Gasteiger partial charge in [0.1, 0.15) is 0 Å². The molecule has 2 N–H and O–H groups in total. The molecular weight excluding hydrogens is 663 g/mol. The number of benzene rings is 6. The Morgan fingerprint density at radius 1 is 0.436 bits per heavy atom. The molecule has 0 saturated heterocycles. The molecule has 1 aliphatic rings. The summed E-state index contributed by atoms with van der Waals surface area (Å²) < 4.78 is 0. The van der Waals surface area contributed by atoms with Gasteiger partial charge in [0.05, 0.1) is 0 Å². The minimum absolute atomic E-state index is 0.854. The van der Waals surface area contributed by atoms with Gasteiger partial charge in [0, 0.05) is 5.69 Å². The summed E-state index contributed by atoms with van der Waals surface area (Å²) in [5.74, 6) is 0. The summed E-state index contributed by atoms with van der Waals surface area (Å²) in [5.41, 5.74) is 24.9. The number of rotatable bonds is 4. The first-order valence-electron chi connectivity index (χ1n) is 20.1. The predicted molar refractivity (Wildman–Crippen MR) is 247 cm³/mol. The standard InChI is InChI=1S/C26H22.C14H16.C8H11N.2C3H8/c1-19-13-15-23(21-9-5-3-6-10-21)17-25(19)26-18-24(16-14-20(26)2)22-11-7-4-8-12-22;1-11-7-3-5-9-13(11)14-10-6-4-8-12(14)2;1-6-3-7(2)5-8(9)4-6;2*1-3-2/h3-18H,1-2H3;3-5,7-9H,6,10H2,1-2H3;3-5H,9H2,1-2H3;2*3H2,1-2H3. The van der Waals surface area contributed by atoms with Crippen LogP contribution in [0.4, 0.5) is 5.69 Å². The first-order valence-corrected chi connectivity index (χ1v) is 20.1. The van der Waals surface area contributed by atoms with Crippen LogP contribution in [0.1, 0.15) is 93.7 Å². The van der Waals surface area contributed by atoms with Crippen molar-refractivity contribution in [3.05, 3.63) is 191 Å². The number of aryl methyl sites for hydroxylation is 5. The number of hydrogen-bond acceptors (Lipinski definition) is 1. The Hall–Kier alpha value is -5.40. The van der Waals surface area contributed by atoms with E-state index in [0.717, 1.165) is 5.69 Å². The van der Waals surface area contributed by atoms with Crippen LogP contribution in [0, 0.1) is 34.6 Å². The molecule has 1 heteroatoms. The Morgan fingerprint density at radius 2 is 0.855 bits per heavy atom. The van der Waals surface area contributed by atoms with Gasteiger partial charge in [0.25, 0.3) is 0 Å². The van der Waals surface area contributed by atoms with E-state index in [1.807, 2.05) is 26.0 Å². The van der Waals surface area contributed by atoms with Crippen molar-refractivity contribution in [1.82, 2.24) is 0 Å². The average Bonchev–Trinajstić information content (AvgIpc) is 3.17. The first-order chi connectivity index (χ1) is 26.5. The van der Waals surface area contributed by atoms with E-state index >= 15 is 0 Å². The van der Waals surface area contributed by atoms with Crippen LogP contribution in [0.5, 0.6) is 0 Å². The number of hydrogen-bond donors (Lipinski definition) is 1. The summed E-state index contributed by atoms with van der Waals surface area (Å²) in [6.45, 7) is 21.4. The smallest absolute Gasteiger partial charge is 0.0319 e. The lowest BCUT2D eigenvalue weighted by Gasteiger charge is -2.15. The number of nitrogen functional groups attached to an aromatic ring is 1. The second kappa shape index (κ2) is 23.4. The average molecular weight is 728 g/mol. The maximum Gasteiger partial charge on any atom is 0.0319 e. The molecule has 0 aromatic heterocycles. The summed E-state index contributed by atoms with van der Waals surface area (Å²) >= 11 is 0. The van der Waals surface area contributed by atoms with Crippen molar-refractivity contribution < 1.29 is 0 Å². The molecule has 6 aromatic carbocycles. The maximum absolute atomic E-state index is 5.56. The third kappa shape index (κ3) is 14.1. The molecule has 6 aromatic rings. The van der Waals surface area contributed by atoms with Gasteiger partial charge >= 0.3 is 0 Å². The Balaban J connectivity index is 0.000000233. The van der Waals surface area contributed by atoms with Crippen LogP contribution in [-0.4, -0.2) is 0 Å². The first kappa shape index (κ1) is 44.0. The minimum atomic E-state index is 0.854. The number of anilines is 1. The molecule has 286 valence electrons. The third-order valence-electron chi connectivity index (χ3n) is 9.10. The molecule has 55 heavy (non-hydrogen) atoms.